The van der Waals surface area contributed by atoms with Crippen LogP contribution in [-0.2, 0) is 16.6 Å². The highest BCUT2D eigenvalue weighted by Gasteiger charge is 2.35. The number of anilines is 1. The summed E-state index contributed by atoms with van der Waals surface area (Å²) >= 11 is 0. The minimum Gasteiger partial charge on any atom is -0.444 e. The number of nitrogens with zero attached hydrogens (tertiary/aromatic N) is 6. The van der Waals surface area contributed by atoms with Gasteiger partial charge in [0.2, 0.25) is 5.91 Å². The van der Waals surface area contributed by atoms with Gasteiger partial charge in [0.05, 0.1) is 18.4 Å². The lowest BCUT2D eigenvalue weighted by Gasteiger charge is -2.35. The predicted molar refractivity (Wildman–Crippen MR) is 119 cm³/mol. The molecule has 1 aliphatic heterocycles. The molecule has 1 aliphatic carbocycles. The molecule has 1 N–H and O–H groups in total. The summed E-state index contributed by atoms with van der Waals surface area (Å²) in [5.74, 6) is 0.708. The van der Waals surface area contributed by atoms with E-state index in [1.165, 1.54) is 0 Å². The summed E-state index contributed by atoms with van der Waals surface area (Å²) in [6.45, 7) is 10.8. The Morgan fingerprint density at radius 1 is 1.35 bits per heavy atom. The molecule has 10 heteroatoms. The van der Waals surface area contributed by atoms with E-state index in [4.69, 9.17) is 9.73 Å². The fourth-order valence-corrected chi connectivity index (χ4v) is 3.49. The fraction of sp³-hybridized carbons (Fsp3) is 0.714. The number of ether oxygens (including phenoxy) is 1. The van der Waals surface area contributed by atoms with Crippen molar-refractivity contribution in [3.8, 4) is 0 Å². The third-order valence-electron chi connectivity index (χ3n) is 5.08. The van der Waals surface area contributed by atoms with E-state index in [0.29, 0.717) is 38.7 Å². The van der Waals surface area contributed by atoms with Crippen molar-refractivity contribution < 1.29 is 14.3 Å². The predicted octanol–water partition coefficient (Wildman–Crippen LogP) is 1.43. The van der Waals surface area contributed by atoms with Crippen LogP contribution in [0.2, 0.25) is 0 Å². The molecule has 0 aromatic carbocycles. The normalized spacial score (nSPS) is 17.7. The van der Waals surface area contributed by atoms with Gasteiger partial charge in [-0.2, -0.15) is 5.10 Å². The van der Waals surface area contributed by atoms with Crippen LogP contribution in [0.5, 0.6) is 0 Å². The lowest BCUT2D eigenvalue weighted by Crippen LogP contribution is -2.55. The zero-order valence-electron chi connectivity index (χ0n) is 19.3. The van der Waals surface area contributed by atoms with Crippen LogP contribution < -0.4 is 10.2 Å². The fourth-order valence-electron chi connectivity index (χ4n) is 3.49. The van der Waals surface area contributed by atoms with E-state index in [0.717, 1.165) is 18.5 Å². The Balaban J connectivity index is 1.59. The molecule has 1 saturated carbocycles. The molecule has 31 heavy (non-hydrogen) atoms. The first kappa shape index (κ1) is 22.9. The van der Waals surface area contributed by atoms with Crippen molar-refractivity contribution in [2.24, 2.45) is 12.0 Å². The highest BCUT2D eigenvalue weighted by Crippen LogP contribution is 2.28. The van der Waals surface area contributed by atoms with Gasteiger partial charge in [-0.1, -0.05) is 0 Å². The Hall–Kier alpha value is -2.78. The Bertz CT molecular complexity index is 810. The standard InChI is InChI=1S/C21H35N7O3/c1-6-22-19(23-9-10-28(16-7-8-16)20(30)31-21(2,3)4)26-11-12-27(18(29)15-26)17-13-24-25(5)14-17/h13-14,16H,6-12,15H2,1-5H3,(H,22,23). The molecule has 1 saturated heterocycles. The molecule has 0 spiro atoms. The summed E-state index contributed by atoms with van der Waals surface area (Å²) in [5, 5.41) is 7.42. The third-order valence-corrected chi connectivity index (χ3v) is 5.08. The number of piperazine rings is 1. The van der Waals surface area contributed by atoms with Crippen molar-refractivity contribution in [3.63, 3.8) is 0 Å². The van der Waals surface area contributed by atoms with Crippen molar-refractivity contribution in [2.45, 2.75) is 52.2 Å². The SMILES string of the molecule is CCNC(=NCCN(C(=O)OC(C)(C)C)C1CC1)N1CCN(c2cnn(C)c2)C(=O)C1. The second-order valence-electron chi connectivity index (χ2n) is 8.98. The van der Waals surface area contributed by atoms with Gasteiger partial charge in [0.15, 0.2) is 5.96 Å². The van der Waals surface area contributed by atoms with Crippen molar-refractivity contribution >= 4 is 23.6 Å². The number of guanidine groups is 1. The maximum absolute atomic E-state index is 12.7. The number of nitrogens with one attached hydrogen (secondary N) is 1. The van der Waals surface area contributed by atoms with E-state index >= 15 is 0 Å². The summed E-state index contributed by atoms with van der Waals surface area (Å²) in [4.78, 5) is 35.5. The highest BCUT2D eigenvalue weighted by molar-refractivity contribution is 5.98. The first-order chi connectivity index (χ1) is 14.7. The van der Waals surface area contributed by atoms with Crippen LogP contribution in [-0.4, -0.2) is 88.5 Å². The number of hydrogen-bond donors (Lipinski definition) is 1. The number of aryl methyl sites for hydroxylation is 1. The Morgan fingerprint density at radius 3 is 2.65 bits per heavy atom. The number of aliphatic imine (C=N–C) groups is 1. The van der Waals surface area contributed by atoms with Gasteiger partial charge < -0.3 is 24.8 Å². The average Bonchev–Trinajstić information content (AvgIpc) is 3.43. The molecule has 2 heterocycles. The second kappa shape index (κ2) is 9.57. The molecular weight excluding hydrogens is 398 g/mol. The Labute approximate surface area is 184 Å². The van der Waals surface area contributed by atoms with Crippen molar-refractivity contribution in [1.29, 1.82) is 0 Å². The number of amides is 2. The summed E-state index contributed by atoms with van der Waals surface area (Å²) in [5.41, 5.74) is 0.294. The minimum atomic E-state index is -0.517. The number of rotatable bonds is 6. The van der Waals surface area contributed by atoms with Gasteiger partial charge in [-0.25, -0.2) is 4.79 Å². The third kappa shape index (κ3) is 6.35. The van der Waals surface area contributed by atoms with Crippen molar-refractivity contribution in [2.75, 3.05) is 44.2 Å². The van der Waals surface area contributed by atoms with Gasteiger partial charge in [-0.05, 0) is 40.5 Å². The van der Waals surface area contributed by atoms with Gasteiger partial charge in [0.1, 0.15) is 12.1 Å². The summed E-state index contributed by atoms with van der Waals surface area (Å²) in [6, 6.07) is 0.247. The van der Waals surface area contributed by atoms with Crippen LogP contribution in [0.1, 0.15) is 40.5 Å². The van der Waals surface area contributed by atoms with E-state index in [1.807, 2.05) is 45.8 Å². The molecule has 2 amide bonds. The van der Waals surface area contributed by atoms with Gasteiger partial charge in [0.25, 0.3) is 0 Å². The number of carbonyl (C=O) groups excluding carboxylic acids is 2. The molecule has 3 rings (SSSR count). The number of aromatic nitrogens is 2. The molecule has 172 valence electrons. The lowest BCUT2D eigenvalue weighted by atomic mass is 10.2. The molecule has 10 nitrogen and oxygen atoms in total. The molecule has 0 bridgehead atoms. The molecular formula is C21H35N7O3. The van der Waals surface area contributed by atoms with Crippen LogP contribution in [0.25, 0.3) is 0 Å². The van der Waals surface area contributed by atoms with Crippen LogP contribution in [0.3, 0.4) is 0 Å². The molecule has 1 aromatic rings. The zero-order chi connectivity index (χ0) is 22.6. The van der Waals surface area contributed by atoms with Gasteiger partial charge >= 0.3 is 6.09 Å². The molecule has 0 atom stereocenters. The highest BCUT2D eigenvalue weighted by atomic mass is 16.6. The molecule has 2 aliphatic rings. The number of hydrogen-bond acceptors (Lipinski definition) is 5. The van der Waals surface area contributed by atoms with Gasteiger partial charge in [-0.3, -0.25) is 14.5 Å². The van der Waals surface area contributed by atoms with Gasteiger partial charge in [-0.15, -0.1) is 0 Å². The van der Waals surface area contributed by atoms with E-state index in [9.17, 15) is 9.59 Å². The second-order valence-corrected chi connectivity index (χ2v) is 8.98. The first-order valence-electron chi connectivity index (χ1n) is 11.0. The van der Waals surface area contributed by atoms with Crippen LogP contribution in [0.4, 0.5) is 10.5 Å². The summed E-state index contributed by atoms with van der Waals surface area (Å²) in [7, 11) is 1.84. The van der Waals surface area contributed by atoms with E-state index in [-0.39, 0.29) is 24.6 Å². The topological polar surface area (TPSA) is 95.3 Å². The molecule has 0 unspecified atom stereocenters. The summed E-state index contributed by atoms with van der Waals surface area (Å²) in [6.07, 6.45) is 5.28. The van der Waals surface area contributed by atoms with Crippen LogP contribution in [0.15, 0.2) is 17.4 Å². The van der Waals surface area contributed by atoms with Crippen molar-refractivity contribution in [3.05, 3.63) is 12.4 Å². The first-order valence-corrected chi connectivity index (χ1v) is 11.0. The smallest absolute Gasteiger partial charge is 0.410 e. The minimum absolute atomic E-state index is 0.0122. The van der Waals surface area contributed by atoms with Crippen LogP contribution in [0, 0.1) is 0 Å². The van der Waals surface area contributed by atoms with Gasteiger partial charge in [0, 0.05) is 45.5 Å². The Kier molecular flexibility index (Phi) is 7.07. The average molecular weight is 434 g/mol. The van der Waals surface area contributed by atoms with Crippen molar-refractivity contribution in [1.82, 2.24) is 24.9 Å². The maximum Gasteiger partial charge on any atom is 0.410 e. The number of carbonyl (C=O) groups is 2. The van der Waals surface area contributed by atoms with E-state index in [2.05, 4.69) is 10.4 Å². The lowest BCUT2D eigenvalue weighted by molar-refractivity contribution is -0.120. The van der Waals surface area contributed by atoms with Crippen LogP contribution >= 0.6 is 0 Å². The maximum atomic E-state index is 12.7. The molecule has 2 fully saturated rings. The quantitative estimate of drug-likeness (QED) is 0.539. The summed E-state index contributed by atoms with van der Waals surface area (Å²) < 4.78 is 7.24. The van der Waals surface area contributed by atoms with E-state index in [1.54, 1.807) is 20.7 Å². The monoisotopic (exact) mass is 433 g/mol. The largest absolute Gasteiger partial charge is 0.444 e. The molecule has 1 aromatic heterocycles. The van der Waals surface area contributed by atoms with E-state index < -0.39 is 5.60 Å². The Morgan fingerprint density at radius 2 is 2.10 bits per heavy atom. The molecule has 0 radical (unpaired) electrons. The zero-order valence-corrected chi connectivity index (χ0v) is 19.3.